The number of halogens is 3. The second-order valence-corrected chi connectivity index (χ2v) is 4.22. The summed E-state index contributed by atoms with van der Waals surface area (Å²) in [6.45, 7) is 3.87. The summed E-state index contributed by atoms with van der Waals surface area (Å²) in [5, 5.41) is 10.1. The monoisotopic (exact) mass is 248 g/mol. The fraction of sp³-hybridized carbons (Fsp3) is 0.500. The summed E-state index contributed by atoms with van der Waals surface area (Å²) in [5.74, 6) is -1.97. The van der Waals surface area contributed by atoms with E-state index in [4.69, 9.17) is 11.6 Å². The maximum Gasteiger partial charge on any atom is 0.160 e. The van der Waals surface area contributed by atoms with Crippen LogP contribution in [0.1, 0.15) is 38.4 Å². The van der Waals surface area contributed by atoms with Gasteiger partial charge in [-0.25, -0.2) is 8.78 Å². The quantitative estimate of drug-likeness (QED) is 0.796. The summed E-state index contributed by atoms with van der Waals surface area (Å²) in [6.07, 6.45) is 0.664. The van der Waals surface area contributed by atoms with Crippen LogP contribution in [0.2, 0.25) is 5.02 Å². The van der Waals surface area contributed by atoms with Gasteiger partial charge in [0.2, 0.25) is 0 Å². The highest BCUT2D eigenvalue weighted by atomic mass is 35.5. The molecule has 16 heavy (non-hydrogen) atoms. The van der Waals surface area contributed by atoms with Gasteiger partial charge in [0.15, 0.2) is 11.6 Å². The lowest BCUT2D eigenvalue weighted by Gasteiger charge is -2.21. The summed E-state index contributed by atoms with van der Waals surface area (Å²) >= 11 is 5.79. The lowest BCUT2D eigenvalue weighted by Crippen LogP contribution is -2.12. The van der Waals surface area contributed by atoms with Gasteiger partial charge in [-0.3, -0.25) is 0 Å². The molecule has 0 aliphatic rings. The Kier molecular flexibility index (Phi) is 4.69. The first kappa shape index (κ1) is 13.4. The van der Waals surface area contributed by atoms with Crippen LogP contribution in [0, 0.1) is 17.6 Å². The molecule has 0 aromatic heterocycles. The van der Waals surface area contributed by atoms with E-state index in [9.17, 15) is 13.9 Å². The zero-order valence-corrected chi connectivity index (χ0v) is 10.1. The van der Waals surface area contributed by atoms with Gasteiger partial charge in [-0.1, -0.05) is 38.3 Å². The summed E-state index contributed by atoms with van der Waals surface area (Å²) in [4.78, 5) is 0. The van der Waals surface area contributed by atoms with Gasteiger partial charge in [-0.15, -0.1) is 0 Å². The number of benzene rings is 1. The molecule has 0 aliphatic carbocycles. The molecular formula is C12H15ClF2O. The average molecular weight is 249 g/mol. The fourth-order valence-corrected chi connectivity index (χ4v) is 2.02. The molecule has 0 saturated carbocycles. The first-order valence-corrected chi connectivity index (χ1v) is 5.71. The van der Waals surface area contributed by atoms with E-state index >= 15 is 0 Å². The molecule has 1 nitrogen and oxygen atoms in total. The molecule has 0 saturated heterocycles. The maximum absolute atomic E-state index is 13.0. The molecule has 4 heteroatoms. The van der Waals surface area contributed by atoms with Crippen molar-refractivity contribution in [2.45, 2.75) is 32.8 Å². The molecule has 90 valence electrons. The van der Waals surface area contributed by atoms with Crippen LogP contribution in [-0.4, -0.2) is 5.11 Å². The van der Waals surface area contributed by atoms with E-state index in [1.54, 1.807) is 0 Å². The minimum Gasteiger partial charge on any atom is -0.388 e. The minimum absolute atomic E-state index is 0.00219. The van der Waals surface area contributed by atoms with E-state index in [0.29, 0.717) is 0 Å². The molecule has 0 fully saturated rings. The third kappa shape index (κ3) is 2.71. The third-order valence-electron chi connectivity index (χ3n) is 2.85. The molecular weight excluding hydrogens is 234 g/mol. The second-order valence-electron chi connectivity index (χ2n) is 3.81. The molecule has 1 aromatic carbocycles. The van der Waals surface area contributed by atoms with Crippen LogP contribution in [0.15, 0.2) is 12.1 Å². The van der Waals surface area contributed by atoms with Gasteiger partial charge in [-0.05, 0) is 18.1 Å². The van der Waals surface area contributed by atoms with Crippen molar-refractivity contribution in [2.24, 2.45) is 5.92 Å². The van der Waals surface area contributed by atoms with E-state index in [-0.39, 0.29) is 16.5 Å². The standard InChI is InChI=1S/C12H15ClF2O/c1-3-7(4-2)12(16)8-5-10(14)11(15)6-9(8)13/h5-7,12,16H,3-4H2,1-2H3. The van der Waals surface area contributed by atoms with Gasteiger partial charge in [0.1, 0.15) is 0 Å². The van der Waals surface area contributed by atoms with Gasteiger partial charge < -0.3 is 5.11 Å². The number of hydrogen-bond donors (Lipinski definition) is 1. The number of rotatable bonds is 4. The van der Waals surface area contributed by atoms with Crippen molar-refractivity contribution >= 4 is 11.6 Å². The average Bonchev–Trinajstić information content (AvgIpc) is 2.25. The molecule has 0 aliphatic heterocycles. The topological polar surface area (TPSA) is 20.2 Å². The Balaban J connectivity index is 3.07. The predicted molar refractivity (Wildman–Crippen MR) is 60.4 cm³/mol. The van der Waals surface area contributed by atoms with Crippen molar-refractivity contribution in [3.8, 4) is 0 Å². The Labute approximate surface area is 99.0 Å². The summed E-state index contributed by atoms with van der Waals surface area (Å²) in [5.41, 5.74) is 0.259. The van der Waals surface area contributed by atoms with Gasteiger partial charge in [0.05, 0.1) is 6.10 Å². The van der Waals surface area contributed by atoms with E-state index < -0.39 is 17.7 Å². The summed E-state index contributed by atoms with van der Waals surface area (Å²) < 4.78 is 25.9. The van der Waals surface area contributed by atoms with Gasteiger partial charge in [0.25, 0.3) is 0 Å². The Hall–Kier alpha value is -0.670. The highest BCUT2D eigenvalue weighted by Crippen LogP contribution is 2.33. The van der Waals surface area contributed by atoms with Crippen molar-refractivity contribution < 1.29 is 13.9 Å². The number of aliphatic hydroxyl groups is 1. The van der Waals surface area contributed by atoms with Crippen LogP contribution < -0.4 is 0 Å². The molecule has 0 heterocycles. The van der Waals surface area contributed by atoms with E-state index in [0.717, 1.165) is 25.0 Å². The van der Waals surface area contributed by atoms with Crippen LogP contribution in [0.3, 0.4) is 0 Å². The number of aliphatic hydroxyl groups excluding tert-OH is 1. The van der Waals surface area contributed by atoms with Crippen molar-refractivity contribution in [2.75, 3.05) is 0 Å². The third-order valence-corrected chi connectivity index (χ3v) is 3.18. The smallest absolute Gasteiger partial charge is 0.160 e. The molecule has 1 unspecified atom stereocenters. The molecule has 1 atom stereocenters. The zero-order valence-electron chi connectivity index (χ0n) is 9.30. The fourth-order valence-electron chi connectivity index (χ4n) is 1.75. The highest BCUT2D eigenvalue weighted by Gasteiger charge is 2.21. The molecule has 0 radical (unpaired) electrons. The Morgan fingerprint density at radius 1 is 1.19 bits per heavy atom. The van der Waals surface area contributed by atoms with Crippen LogP contribution in [0.5, 0.6) is 0 Å². The van der Waals surface area contributed by atoms with Crippen LogP contribution >= 0.6 is 11.6 Å². The first-order chi connectivity index (χ1) is 7.51. The Bertz CT molecular complexity index is 364. The van der Waals surface area contributed by atoms with Crippen LogP contribution in [-0.2, 0) is 0 Å². The highest BCUT2D eigenvalue weighted by molar-refractivity contribution is 6.31. The van der Waals surface area contributed by atoms with Crippen molar-refractivity contribution in [3.05, 3.63) is 34.4 Å². The Morgan fingerprint density at radius 3 is 2.19 bits per heavy atom. The number of hydrogen-bond acceptors (Lipinski definition) is 1. The van der Waals surface area contributed by atoms with Gasteiger partial charge in [0, 0.05) is 10.6 Å². The van der Waals surface area contributed by atoms with Crippen LogP contribution in [0.25, 0.3) is 0 Å². The summed E-state index contributed by atoms with van der Waals surface area (Å²) in [7, 11) is 0. The minimum atomic E-state index is -0.995. The Morgan fingerprint density at radius 2 is 1.69 bits per heavy atom. The van der Waals surface area contributed by atoms with Crippen molar-refractivity contribution in [3.63, 3.8) is 0 Å². The van der Waals surface area contributed by atoms with Crippen LogP contribution in [0.4, 0.5) is 8.78 Å². The molecule has 1 aromatic rings. The molecule has 0 spiro atoms. The van der Waals surface area contributed by atoms with E-state index in [1.165, 1.54) is 0 Å². The van der Waals surface area contributed by atoms with E-state index in [1.807, 2.05) is 13.8 Å². The lowest BCUT2D eigenvalue weighted by molar-refractivity contribution is 0.103. The molecule has 1 N–H and O–H groups in total. The van der Waals surface area contributed by atoms with E-state index in [2.05, 4.69) is 0 Å². The SMILES string of the molecule is CCC(CC)C(O)c1cc(F)c(F)cc1Cl. The largest absolute Gasteiger partial charge is 0.388 e. The predicted octanol–water partition coefficient (Wildman–Crippen LogP) is 4.09. The molecule has 1 rings (SSSR count). The summed E-state index contributed by atoms with van der Waals surface area (Å²) in [6, 6.07) is 1.87. The van der Waals surface area contributed by atoms with Gasteiger partial charge in [-0.2, -0.15) is 0 Å². The lowest BCUT2D eigenvalue weighted by atomic mass is 9.91. The van der Waals surface area contributed by atoms with Crippen molar-refractivity contribution in [1.29, 1.82) is 0 Å². The normalized spacial score (nSPS) is 13.2. The van der Waals surface area contributed by atoms with Gasteiger partial charge >= 0.3 is 0 Å². The maximum atomic E-state index is 13.0. The van der Waals surface area contributed by atoms with Crippen molar-refractivity contribution in [1.82, 2.24) is 0 Å². The molecule has 0 amide bonds. The molecule has 0 bridgehead atoms. The zero-order chi connectivity index (χ0) is 12.3. The second kappa shape index (κ2) is 5.60. The first-order valence-electron chi connectivity index (χ1n) is 5.33.